The summed E-state index contributed by atoms with van der Waals surface area (Å²) in [6, 6.07) is 0. The first-order valence-electron chi connectivity index (χ1n) is 4.93. The number of nitrogens with two attached hydrogens (primary N) is 1. The molecule has 0 amide bonds. The molecule has 0 saturated carbocycles. The predicted octanol–water partition coefficient (Wildman–Crippen LogP) is 0.684. The summed E-state index contributed by atoms with van der Waals surface area (Å²) in [4.78, 5) is 4.12. The Morgan fingerprint density at radius 1 is 1.57 bits per heavy atom. The van der Waals surface area contributed by atoms with Crippen LogP contribution in [0.2, 0.25) is 0 Å². The Morgan fingerprint density at radius 2 is 2.21 bits per heavy atom. The fourth-order valence-electron chi connectivity index (χ4n) is 1.62. The molecule has 0 aliphatic heterocycles. The molecule has 0 spiro atoms. The normalized spacial score (nSPS) is 15.9. The molecule has 1 rings (SSSR count). The van der Waals surface area contributed by atoms with Crippen LogP contribution in [-0.2, 0) is 7.05 Å². The molecular formula is C10H19N3O. The standard InChI is InChI=1S/C10H19N3O/c1-7(2)8(6-11)9(14)10-12-4-5-13(10)3/h4-5,7-9,14H,6,11H2,1-3H3. The number of hydrogen-bond donors (Lipinski definition) is 2. The van der Waals surface area contributed by atoms with Crippen molar-refractivity contribution in [3.05, 3.63) is 18.2 Å². The molecule has 0 aromatic carbocycles. The highest BCUT2D eigenvalue weighted by Gasteiger charge is 2.25. The van der Waals surface area contributed by atoms with E-state index < -0.39 is 6.10 Å². The van der Waals surface area contributed by atoms with Gasteiger partial charge in [0.15, 0.2) is 0 Å². The van der Waals surface area contributed by atoms with Crippen LogP contribution in [0.3, 0.4) is 0 Å². The Labute approximate surface area is 84.8 Å². The van der Waals surface area contributed by atoms with Crippen LogP contribution in [0.1, 0.15) is 25.8 Å². The second kappa shape index (κ2) is 4.57. The first kappa shape index (κ1) is 11.2. The molecule has 1 aromatic heterocycles. The van der Waals surface area contributed by atoms with Gasteiger partial charge in [0.25, 0.3) is 0 Å². The van der Waals surface area contributed by atoms with E-state index in [4.69, 9.17) is 5.73 Å². The summed E-state index contributed by atoms with van der Waals surface area (Å²) in [5.41, 5.74) is 5.63. The zero-order valence-corrected chi connectivity index (χ0v) is 9.01. The van der Waals surface area contributed by atoms with E-state index in [2.05, 4.69) is 18.8 Å². The van der Waals surface area contributed by atoms with Crippen LogP contribution < -0.4 is 5.73 Å². The fraction of sp³-hybridized carbons (Fsp3) is 0.700. The van der Waals surface area contributed by atoms with Gasteiger partial charge in [-0.2, -0.15) is 0 Å². The number of hydrogen-bond acceptors (Lipinski definition) is 3. The van der Waals surface area contributed by atoms with Crippen molar-refractivity contribution in [2.75, 3.05) is 6.54 Å². The van der Waals surface area contributed by atoms with Crippen LogP contribution in [0, 0.1) is 11.8 Å². The number of rotatable bonds is 4. The molecule has 4 heteroatoms. The molecule has 3 N–H and O–H groups in total. The maximum absolute atomic E-state index is 10.1. The van der Waals surface area contributed by atoms with Gasteiger partial charge in [0, 0.05) is 25.4 Å². The van der Waals surface area contributed by atoms with E-state index in [9.17, 15) is 5.11 Å². The van der Waals surface area contributed by atoms with Crippen LogP contribution >= 0.6 is 0 Å². The molecule has 1 heterocycles. The lowest BCUT2D eigenvalue weighted by Gasteiger charge is -2.24. The van der Waals surface area contributed by atoms with Crippen LogP contribution in [0.15, 0.2) is 12.4 Å². The maximum Gasteiger partial charge on any atom is 0.137 e. The minimum absolute atomic E-state index is 0.0658. The fourth-order valence-corrected chi connectivity index (χ4v) is 1.62. The Kier molecular flexibility index (Phi) is 3.66. The van der Waals surface area contributed by atoms with E-state index in [-0.39, 0.29) is 5.92 Å². The topological polar surface area (TPSA) is 64.1 Å². The van der Waals surface area contributed by atoms with E-state index in [0.717, 1.165) is 0 Å². The molecule has 0 fully saturated rings. The van der Waals surface area contributed by atoms with E-state index in [1.54, 1.807) is 6.20 Å². The smallest absolute Gasteiger partial charge is 0.137 e. The molecule has 0 aliphatic carbocycles. The average Bonchev–Trinajstić information content (AvgIpc) is 2.51. The highest BCUT2D eigenvalue weighted by atomic mass is 16.3. The maximum atomic E-state index is 10.1. The number of nitrogens with zero attached hydrogens (tertiary/aromatic N) is 2. The van der Waals surface area contributed by atoms with Crippen molar-refractivity contribution < 1.29 is 5.11 Å². The summed E-state index contributed by atoms with van der Waals surface area (Å²) in [6.07, 6.45) is 2.94. The molecule has 0 saturated heterocycles. The van der Waals surface area contributed by atoms with Crippen molar-refractivity contribution >= 4 is 0 Å². The summed E-state index contributed by atoms with van der Waals surface area (Å²) in [7, 11) is 1.87. The molecule has 2 unspecified atom stereocenters. The molecule has 0 radical (unpaired) electrons. The van der Waals surface area contributed by atoms with E-state index in [1.807, 2.05) is 17.8 Å². The minimum Gasteiger partial charge on any atom is -0.385 e. The first-order valence-corrected chi connectivity index (χ1v) is 4.93. The number of aromatic nitrogens is 2. The number of aliphatic hydroxyl groups excluding tert-OH is 1. The highest BCUT2D eigenvalue weighted by molar-refractivity contribution is 4.98. The highest BCUT2D eigenvalue weighted by Crippen LogP contribution is 2.25. The van der Waals surface area contributed by atoms with Crippen LogP contribution in [-0.4, -0.2) is 21.2 Å². The molecular weight excluding hydrogens is 178 g/mol. The third-order valence-corrected chi connectivity index (χ3v) is 2.66. The van der Waals surface area contributed by atoms with Gasteiger partial charge in [0.05, 0.1) is 0 Å². The van der Waals surface area contributed by atoms with Crippen molar-refractivity contribution in [2.45, 2.75) is 20.0 Å². The van der Waals surface area contributed by atoms with Crippen molar-refractivity contribution in [2.24, 2.45) is 24.6 Å². The summed E-state index contributed by atoms with van der Waals surface area (Å²) in [5, 5.41) is 10.1. The van der Waals surface area contributed by atoms with Gasteiger partial charge in [-0.1, -0.05) is 13.8 Å². The number of imidazole rings is 1. The number of aliphatic hydroxyl groups is 1. The average molecular weight is 197 g/mol. The van der Waals surface area contributed by atoms with Crippen LogP contribution in [0.4, 0.5) is 0 Å². The SMILES string of the molecule is CC(C)C(CN)C(O)c1nccn1C. The number of aryl methyl sites for hydroxylation is 1. The quantitative estimate of drug-likeness (QED) is 0.746. The van der Waals surface area contributed by atoms with Gasteiger partial charge in [-0.15, -0.1) is 0 Å². The van der Waals surface area contributed by atoms with Crippen molar-refractivity contribution in [1.82, 2.24) is 9.55 Å². The molecule has 1 aromatic rings. The monoisotopic (exact) mass is 197 g/mol. The van der Waals surface area contributed by atoms with Crippen molar-refractivity contribution in [1.29, 1.82) is 0 Å². The van der Waals surface area contributed by atoms with Crippen molar-refractivity contribution in [3.63, 3.8) is 0 Å². The Hall–Kier alpha value is -0.870. The van der Waals surface area contributed by atoms with E-state index in [1.165, 1.54) is 0 Å². The minimum atomic E-state index is -0.569. The van der Waals surface area contributed by atoms with Gasteiger partial charge in [0.2, 0.25) is 0 Å². The molecule has 14 heavy (non-hydrogen) atoms. The largest absolute Gasteiger partial charge is 0.385 e. The van der Waals surface area contributed by atoms with Gasteiger partial charge >= 0.3 is 0 Å². The lowest BCUT2D eigenvalue weighted by molar-refractivity contribution is 0.0759. The van der Waals surface area contributed by atoms with Crippen molar-refractivity contribution in [3.8, 4) is 0 Å². The Morgan fingerprint density at radius 3 is 2.57 bits per heavy atom. The second-order valence-corrected chi connectivity index (χ2v) is 3.98. The third-order valence-electron chi connectivity index (χ3n) is 2.66. The summed E-state index contributed by atoms with van der Waals surface area (Å²) in [6.45, 7) is 4.60. The van der Waals surface area contributed by atoms with Gasteiger partial charge in [-0.25, -0.2) is 4.98 Å². The molecule has 0 aliphatic rings. The van der Waals surface area contributed by atoms with Crippen LogP contribution in [0.25, 0.3) is 0 Å². The second-order valence-electron chi connectivity index (χ2n) is 3.98. The zero-order valence-electron chi connectivity index (χ0n) is 9.01. The van der Waals surface area contributed by atoms with Gasteiger partial charge in [-0.05, 0) is 12.5 Å². The molecule has 2 atom stereocenters. The summed E-state index contributed by atoms with van der Waals surface area (Å²) < 4.78 is 1.83. The van der Waals surface area contributed by atoms with Gasteiger partial charge in [0.1, 0.15) is 11.9 Å². The predicted molar refractivity (Wildman–Crippen MR) is 55.6 cm³/mol. The lowest BCUT2D eigenvalue weighted by Crippen LogP contribution is -2.28. The lowest BCUT2D eigenvalue weighted by atomic mass is 9.90. The van der Waals surface area contributed by atoms with E-state index in [0.29, 0.717) is 18.3 Å². The Balaban J connectivity index is 2.83. The Bertz CT molecular complexity index is 283. The molecule has 4 nitrogen and oxygen atoms in total. The third kappa shape index (κ3) is 2.13. The van der Waals surface area contributed by atoms with E-state index >= 15 is 0 Å². The first-order chi connectivity index (χ1) is 6.57. The van der Waals surface area contributed by atoms with Crippen LogP contribution in [0.5, 0.6) is 0 Å². The summed E-state index contributed by atoms with van der Waals surface area (Å²) in [5.74, 6) is 1.11. The zero-order chi connectivity index (χ0) is 10.7. The van der Waals surface area contributed by atoms with Gasteiger partial charge in [-0.3, -0.25) is 0 Å². The van der Waals surface area contributed by atoms with Gasteiger partial charge < -0.3 is 15.4 Å². The molecule has 80 valence electrons. The summed E-state index contributed by atoms with van der Waals surface area (Å²) >= 11 is 0. The molecule has 0 bridgehead atoms.